The van der Waals surface area contributed by atoms with Crippen molar-refractivity contribution in [2.45, 2.75) is 84.4 Å². The molecule has 6 heteroatoms. The molecule has 6 nitrogen and oxygen atoms in total. The third-order valence-electron chi connectivity index (χ3n) is 10.2. The van der Waals surface area contributed by atoms with Gasteiger partial charge in [-0.05, 0) is 131 Å². The lowest BCUT2D eigenvalue weighted by Crippen LogP contribution is -2.44. The molecule has 0 heterocycles. The van der Waals surface area contributed by atoms with Crippen LogP contribution in [0.25, 0.3) is 11.1 Å². The van der Waals surface area contributed by atoms with E-state index in [0.717, 1.165) is 59.1 Å². The molecule has 6 unspecified atom stereocenters. The van der Waals surface area contributed by atoms with Gasteiger partial charge < -0.3 is 20.1 Å². The molecule has 2 bridgehead atoms. The van der Waals surface area contributed by atoms with Gasteiger partial charge >= 0.3 is 12.2 Å². The molecule has 5 rings (SSSR count). The average Bonchev–Trinajstić information content (AvgIpc) is 3.64. The van der Waals surface area contributed by atoms with Crippen LogP contribution < -0.4 is 10.6 Å². The number of amides is 2. The van der Waals surface area contributed by atoms with Crippen LogP contribution >= 0.6 is 0 Å². The van der Waals surface area contributed by atoms with E-state index >= 15 is 0 Å². The van der Waals surface area contributed by atoms with Gasteiger partial charge in [-0.3, -0.25) is 0 Å². The molecular weight excluding hydrogens is 536 g/mol. The molecule has 3 aliphatic carbocycles. The van der Waals surface area contributed by atoms with Gasteiger partial charge in [0.15, 0.2) is 0 Å². The molecule has 6 atom stereocenters. The van der Waals surface area contributed by atoms with E-state index in [1.807, 2.05) is 77.9 Å². The first-order valence-corrected chi connectivity index (χ1v) is 15.7. The second kappa shape index (κ2) is 11.9. The van der Waals surface area contributed by atoms with Crippen LogP contribution in [0, 0.1) is 29.6 Å². The van der Waals surface area contributed by atoms with E-state index in [0.29, 0.717) is 36.2 Å². The van der Waals surface area contributed by atoms with Gasteiger partial charge in [0, 0.05) is 0 Å². The highest BCUT2D eigenvalue weighted by molar-refractivity contribution is 5.70. The summed E-state index contributed by atoms with van der Waals surface area (Å²) in [5, 5.41) is 6.16. The molecule has 2 aromatic carbocycles. The molecule has 0 saturated heterocycles. The van der Waals surface area contributed by atoms with Crippen molar-refractivity contribution in [2.24, 2.45) is 29.6 Å². The van der Waals surface area contributed by atoms with E-state index in [1.165, 1.54) is 0 Å². The minimum absolute atomic E-state index is 0.0532. The zero-order valence-electron chi connectivity index (χ0n) is 26.7. The van der Waals surface area contributed by atoms with Crippen LogP contribution in [0.2, 0.25) is 0 Å². The highest BCUT2D eigenvalue weighted by Gasteiger charge is 2.57. The van der Waals surface area contributed by atoms with Crippen molar-refractivity contribution in [2.75, 3.05) is 6.61 Å². The lowest BCUT2D eigenvalue weighted by Gasteiger charge is -2.33. The van der Waals surface area contributed by atoms with E-state index in [9.17, 15) is 9.59 Å². The number of carbonyl (C=O) groups excluding carboxylic acids is 2. The number of nitrogens with one attached hydrogen (secondary N) is 2. The highest BCUT2D eigenvalue weighted by atomic mass is 16.6. The van der Waals surface area contributed by atoms with E-state index in [2.05, 4.69) is 35.9 Å². The van der Waals surface area contributed by atoms with Gasteiger partial charge in [0.1, 0.15) is 6.10 Å². The fourth-order valence-corrected chi connectivity index (χ4v) is 7.79. The summed E-state index contributed by atoms with van der Waals surface area (Å²) in [5.41, 5.74) is 5.00. The van der Waals surface area contributed by atoms with Gasteiger partial charge in [0.2, 0.25) is 0 Å². The molecule has 0 aliphatic heterocycles. The third kappa shape index (κ3) is 6.68. The summed E-state index contributed by atoms with van der Waals surface area (Å²) in [4.78, 5) is 25.9. The van der Waals surface area contributed by atoms with Crippen molar-refractivity contribution in [3.05, 3.63) is 83.9 Å². The summed E-state index contributed by atoms with van der Waals surface area (Å²) in [6.07, 6.45) is 3.35. The predicted molar refractivity (Wildman–Crippen MR) is 172 cm³/mol. The zero-order valence-corrected chi connectivity index (χ0v) is 26.7. The Balaban J connectivity index is 1.11. The van der Waals surface area contributed by atoms with Crippen molar-refractivity contribution in [1.82, 2.24) is 10.6 Å². The van der Waals surface area contributed by atoms with E-state index in [-0.39, 0.29) is 18.3 Å². The second-order valence-electron chi connectivity index (χ2n) is 14.3. The highest BCUT2D eigenvalue weighted by Crippen LogP contribution is 2.60. The maximum absolute atomic E-state index is 13.1. The minimum atomic E-state index is -0.569. The summed E-state index contributed by atoms with van der Waals surface area (Å²) < 4.78 is 11.8. The Labute approximate surface area is 257 Å². The number of hydrogen-bond acceptors (Lipinski definition) is 4. The third-order valence-corrected chi connectivity index (χ3v) is 10.2. The predicted octanol–water partition coefficient (Wildman–Crippen LogP) is 8.43. The molecule has 2 aromatic rings. The van der Waals surface area contributed by atoms with Crippen LogP contribution in [0.4, 0.5) is 9.59 Å². The quantitative estimate of drug-likeness (QED) is 0.310. The Bertz CT molecular complexity index is 1410. The monoisotopic (exact) mass is 584 g/mol. The molecule has 3 saturated carbocycles. The Morgan fingerprint density at radius 3 is 1.86 bits per heavy atom. The molecule has 230 valence electrons. The van der Waals surface area contributed by atoms with Gasteiger partial charge in [0.05, 0.1) is 17.7 Å². The molecular formula is C37H48N2O4. The van der Waals surface area contributed by atoms with Gasteiger partial charge in [0.25, 0.3) is 0 Å². The van der Waals surface area contributed by atoms with Crippen molar-refractivity contribution >= 4 is 23.3 Å². The Morgan fingerprint density at radius 1 is 0.767 bits per heavy atom. The van der Waals surface area contributed by atoms with Crippen molar-refractivity contribution < 1.29 is 19.1 Å². The molecule has 3 aliphatic rings. The summed E-state index contributed by atoms with van der Waals surface area (Å²) in [6.45, 7) is 20.4. The van der Waals surface area contributed by atoms with Gasteiger partial charge in [-0.15, -0.1) is 0 Å². The fraction of sp³-hybridized carbons (Fsp3) is 0.514. The lowest BCUT2D eigenvalue weighted by atomic mass is 9.80. The van der Waals surface area contributed by atoms with Crippen LogP contribution in [0.3, 0.4) is 0 Å². The topological polar surface area (TPSA) is 76.7 Å². The van der Waals surface area contributed by atoms with Gasteiger partial charge in [-0.1, -0.05) is 60.7 Å². The van der Waals surface area contributed by atoms with Crippen LogP contribution in [-0.2, 0) is 20.6 Å². The number of ether oxygens (including phenoxy) is 2. The number of alkyl carbamates (subject to hydrolysis) is 2. The van der Waals surface area contributed by atoms with Crippen LogP contribution in [0.5, 0.6) is 0 Å². The SMILES string of the molecule is C=C(C)c1cccc(C(C)(C)NC(=O)OCC2CC3C4CC(OC(=O)NC(C)(C)c5cccc(C(=C)C)c5)C(C4)C3C2)c1. The van der Waals surface area contributed by atoms with Crippen LogP contribution in [-0.4, -0.2) is 24.9 Å². The second-order valence-corrected chi connectivity index (χ2v) is 14.3. The maximum atomic E-state index is 13.1. The standard InChI is InChI=1S/C37H48N2O4/c1-22(2)25-11-9-13-28(17-25)36(5,6)38-34(40)42-21-24-15-30-27-19-32(31(30)16-24)33(20-27)43-35(41)39-37(7,8)29-14-10-12-26(18-29)23(3)4/h9-14,17-18,24,27,30-33H,1,3,15-16,19-21H2,2,4-8H3,(H,38,40)(H,39,41). The molecule has 3 fully saturated rings. The van der Waals surface area contributed by atoms with E-state index in [1.54, 1.807) is 0 Å². The van der Waals surface area contributed by atoms with Crippen LogP contribution in [0.15, 0.2) is 61.7 Å². The average molecular weight is 585 g/mol. The number of carbonyl (C=O) groups is 2. The summed E-state index contributed by atoms with van der Waals surface area (Å²) in [6, 6.07) is 16.2. The Morgan fingerprint density at radius 2 is 1.30 bits per heavy atom. The number of allylic oxidation sites excluding steroid dienone is 2. The number of hydrogen-bond donors (Lipinski definition) is 2. The normalized spacial score (nSPS) is 26.0. The lowest BCUT2D eigenvalue weighted by molar-refractivity contribution is 0.0309. The fourth-order valence-electron chi connectivity index (χ4n) is 7.79. The molecule has 0 spiro atoms. The number of fused-ring (bicyclic) bond motifs is 5. The number of rotatable bonds is 9. The molecule has 0 aromatic heterocycles. The van der Waals surface area contributed by atoms with Crippen LogP contribution in [0.1, 0.15) is 89.5 Å². The molecule has 2 amide bonds. The molecule has 43 heavy (non-hydrogen) atoms. The van der Waals surface area contributed by atoms with E-state index in [4.69, 9.17) is 9.47 Å². The van der Waals surface area contributed by atoms with Crippen molar-refractivity contribution in [3.8, 4) is 0 Å². The Kier molecular flexibility index (Phi) is 8.52. The first-order valence-electron chi connectivity index (χ1n) is 15.7. The molecule has 2 N–H and O–H groups in total. The first-order chi connectivity index (χ1) is 20.2. The Hall–Kier alpha value is -3.54. The van der Waals surface area contributed by atoms with Gasteiger partial charge in [-0.25, -0.2) is 9.59 Å². The zero-order chi connectivity index (χ0) is 31.1. The summed E-state index contributed by atoms with van der Waals surface area (Å²) in [5.74, 6) is 2.45. The smallest absolute Gasteiger partial charge is 0.408 e. The maximum Gasteiger partial charge on any atom is 0.408 e. The van der Waals surface area contributed by atoms with E-state index < -0.39 is 11.1 Å². The summed E-state index contributed by atoms with van der Waals surface area (Å²) in [7, 11) is 0. The minimum Gasteiger partial charge on any atom is -0.449 e. The molecule has 0 radical (unpaired) electrons. The van der Waals surface area contributed by atoms with Crippen molar-refractivity contribution in [1.29, 1.82) is 0 Å². The number of benzene rings is 2. The first kappa shape index (κ1) is 30.9. The summed E-state index contributed by atoms with van der Waals surface area (Å²) >= 11 is 0. The van der Waals surface area contributed by atoms with Crippen molar-refractivity contribution in [3.63, 3.8) is 0 Å². The van der Waals surface area contributed by atoms with Gasteiger partial charge in [-0.2, -0.15) is 0 Å². The largest absolute Gasteiger partial charge is 0.449 e.